The van der Waals surface area contributed by atoms with Crippen molar-refractivity contribution in [2.75, 3.05) is 0 Å². The van der Waals surface area contributed by atoms with Crippen molar-refractivity contribution < 1.29 is 23.6 Å². The summed E-state index contributed by atoms with van der Waals surface area (Å²) in [5.41, 5.74) is 3.09. The lowest BCUT2D eigenvalue weighted by atomic mass is 9.81. The maximum absolute atomic E-state index is 13.1. The molecule has 0 aliphatic heterocycles. The highest BCUT2D eigenvalue weighted by molar-refractivity contribution is 6.31. The number of hydrogen-bond acceptors (Lipinski definition) is 4. The molecule has 1 aliphatic carbocycles. The van der Waals surface area contributed by atoms with Crippen LogP contribution in [0.2, 0.25) is 0 Å². The van der Waals surface area contributed by atoms with Crippen molar-refractivity contribution in [1.82, 2.24) is 0 Å². The fourth-order valence-electron chi connectivity index (χ4n) is 4.21. The van der Waals surface area contributed by atoms with Crippen LogP contribution in [0.15, 0.2) is 103 Å². The minimum absolute atomic E-state index is 0.132. The quantitative estimate of drug-likeness (QED) is 0.206. The van der Waals surface area contributed by atoms with Crippen LogP contribution < -0.4 is 0 Å². The molecular formula is C32H19FO4. The smallest absolute Gasteiger partial charge is 0.195 e. The topological polar surface area (TPSA) is 68.3 Å². The zero-order chi connectivity index (χ0) is 25.9. The van der Waals surface area contributed by atoms with Crippen LogP contribution in [-0.2, 0) is 0 Å². The Morgan fingerprint density at radius 3 is 1.73 bits per heavy atom. The molecule has 5 heteroatoms. The summed E-state index contributed by atoms with van der Waals surface area (Å²) < 4.78 is 13.0. The first kappa shape index (κ1) is 23.7. The van der Waals surface area contributed by atoms with Gasteiger partial charge in [0, 0.05) is 33.4 Å². The van der Waals surface area contributed by atoms with Gasteiger partial charge in [-0.05, 0) is 47.5 Å². The van der Waals surface area contributed by atoms with Gasteiger partial charge in [-0.1, -0.05) is 78.9 Å². The molecule has 0 spiro atoms. The molecule has 4 aromatic rings. The predicted octanol–water partition coefficient (Wildman–Crippen LogP) is 6.39. The van der Waals surface area contributed by atoms with Crippen molar-refractivity contribution >= 4 is 35.3 Å². The zero-order valence-electron chi connectivity index (χ0n) is 19.5. The Labute approximate surface area is 212 Å². The highest BCUT2D eigenvalue weighted by atomic mass is 19.1. The largest absolute Gasteiger partial charge is 0.289 e. The SMILES string of the molecule is O=C(/C=C/c1ccc(/C=C/C(=O)c2cccc3c2C(=O)c2ccccc2C3=O)cc1)c1ccc(F)cc1. The Bertz CT molecular complexity index is 1620. The predicted molar refractivity (Wildman–Crippen MR) is 139 cm³/mol. The van der Waals surface area contributed by atoms with E-state index in [2.05, 4.69) is 0 Å². The van der Waals surface area contributed by atoms with Gasteiger partial charge in [-0.3, -0.25) is 19.2 Å². The number of halogens is 1. The van der Waals surface area contributed by atoms with Gasteiger partial charge in [0.1, 0.15) is 5.82 Å². The summed E-state index contributed by atoms with van der Waals surface area (Å²) in [5, 5.41) is 0. The van der Waals surface area contributed by atoms with Crippen molar-refractivity contribution in [3.05, 3.63) is 153 Å². The molecule has 0 aromatic heterocycles. The van der Waals surface area contributed by atoms with Gasteiger partial charge < -0.3 is 0 Å². The number of rotatable bonds is 6. The molecule has 37 heavy (non-hydrogen) atoms. The first-order valence-corrected chi connectivity index (χ1v) is 11.5. The molecule has 0 bridgehead atoms. The monoisotopic (exact) mass is 486 g/mol. The molecule has 0 unspecified atom stereocenters. The zero-order valence-corrected chi connectivity index (χ0v) is 19.5. The molecule has 0 amide bonds. The van der Waals surface area contributed by atoms with E-state index in [-0.39, 0.29) is 39.8 Å². The Morgan fingerprint density at radius 2 is 1.11 bits per heavy atom. The summed E-state index contributed by atoms with van der Waals surface area (Å²) >= 11 is 0. The maximum atomic E-state index is 13.1. The molecule has 178 valence electrons. The standard InChI is InChI=1S/C32H19FO4/c33-23-16-14-22(15-17-23)28(34)18-12-20-8-10-21(11-9-20)13-19-29(35)26-6-3-7-27-30(26)32(37)25-5-2-1-4-24(25)31(27)36/h1-19H/b18-12+,19-13+. The fourth-order valence-corrected chi connectivity index (χ4v) is 4.21. The number of allylic oxidation sites excluding steroid dienone is 2. The van der Waals surface area contributed by atoms with E-state index in [1.54, 1.807) is 78.9 Å². The third kappa shape index (κ3) is 4.75. The molecule has 1 aliphatic rings. The number of ketones is 4. The van der Waals surface area contributed by atoms with Gasteiger partial charge in [0.2, 0.25) is 0 Å². The molecule has 0 radical (unpaired) electrons. The van der Waals surface area contributed by atoms with E-state index in [4.69, 9.17) is 0 Å². The Kier molecular flexibility index (Phi) is 6.35. The Hall–Kier alpha value is -5.03. The first-order valence-electron chi connectivity index (χ1n) is 11.5. The van der Waals surface area contributed by atoms with Gasteiger partial charge in [-0.15, -0.1) is 0 Å². The molecule has 0 N–H and O–H groups in total. The molecule has 5 rings (SSSR count). The number of carbonyl (C=O) groups is 4. The van der Waals surface area contributed by atoms with Crippen LogP contribution >= 0.6 is 0 Å². The van der Waals surface area contributed by atoms with Crippen molar-refractivity contribution in [2.24, 2.45) is 0 Å². The van der Waals surface area contributed by atoms with Crippen molar-refractivity contribution in [3.8, 4) is 0 Å². The lowest BCUT2D eigenvalue weighted by molar-refractivity contribution is 0.0972. The second kappa shape index (κ2) is 9.91. The molecule has 4 aromatic carbocycles. The van der Waals surface area contributed by atoms with Gasteiger partial charge in [-0.2, -0.15) is 0 Å². The summed E-state index contributed by atoms with van der Waals surface area (Å²) in [6.07, 6.45) is 6.07. The number of carbonyl (C=O) groups excluding carboxylic acids is 4. The molecule has 0 fully saturated rings. The lowest BCUT2D eigenvalue weighted by Gasteiger charge is -2.19. The second-order valence-corrected chi connectivity index (χ2v) is 8.50. The van der Waals surface area contributed by atoms with Gasteiger partial charge in [0.05, 0.1) is 0 Å². The van der Waals surface area contributed by atoms with E-state index in [9.17, 15) is 23.6 Å². The van der Waals surface area contributed by atoms with E-state index in [0.717, 1.165) is 11.1 Å². The minimum Gasteiger partial charge on any atom is -0.289 e. The number of fused-ring (bicyclic) bond motifs is 2. The minimum atomic E-state index is -0.403. The van der Waals surface area contributed by atoms with Crippen LogP contribution in [0, 0.1) is 5.82 Å². The fraction of sp³-hybridized carbons (Fsp3) is 0. The number of hydrogen-bond donors (Lipinski definition) is 0. The Balaban J connectivity index is 1.32. The van der Waals surface area contributed by atoms with Crippen LogP contribution in [0.4, 0.5) is 4.39 Å². The molecular weight excluding hydrogens is 467 g/mol. The van der Waals surface area contributed by atoms with Crippen LogP contribution in [0.5, 0.6) is 0 Å². The number of benzene rings is 4. The average Bonchev–Trinajstić information content (AvgIpc) is 2.94. The summed E-state index contributed by atoms with van der Waals surface area (Å²) in [6.45, 7) is 0. The molecule has 0 saturated carbocycles. The Morgan fingerprint density at radius 1 is 0.568 bits per heavy atom. The summed E-state index contributed by atoms with van der Waals surface area (Å²) in [6, 6.07) is 23.8. The summed E-state index contributed by atoms with van der Waals surface area (Å²) in [4.78, 5) is 51.3. The molecule has 4 nitrogen and oxygen atoms in total. The highest BCUT2D eigenvalue weighted by Crippen LogP contribution is 2.30. The highest BCUT2D eigenvalue weighted by Gasteiger charge is 2.32. The summed E-state index contributed by atoms with van der Waals surface area (Å²) in [5.74, 6) is -1.64. The molecule has 0 heterocycles. The maximum Gasteiger partial charge on any atom is 0.195 e. The lowest BCUT2D eigenvalue weighted by Crippen LogP contribution is -2.23. The van der Waals surface area contributed by atoms with Gasteiger partial charge >= 0.3 is 0 Å². The van der Waals surface area contributed by atoms with Crippen molar-refractivity contribution in [1.29, 1.82) is 0 Å². The van der Waals surface area contributed by atoms with Gasteiger partial charge in [0.15, 0.2) is 23.1 Å². The van der Waals surface area contributed by atoms with E-state index in [1.165, 1.54) is 36.4 Å². The van der Waals surface area contributed by atoms with Crippen molar-refractivity contribution in [3.63, 3.8) is 0 Å². The summed E-state index contributed by atoms with van der Waals surface area (Å²) in [7, 11) is 0. The average molecular weight is 486 g/mol. The van der Waals surface area contributed by atoms with Crippen LogP contribution in [0.3, 0.4) is 0 Å². The van der Waals surface area contributed by atoms with Crippen LogP contribution in [-0.4, -0.2) is 23.1 Å². The third-order valence-corrected chi connectivity index (χ3v) is 6.14. The van der Waals surface area contributed by atoms with E-state index in [1.807, 2.05) is 0 Å². The molecule has 0 atom stereocenters. The van der Waals surface area contributed by atoms with Crippen LogP contribution in [0.25, 0.3) is 12.2 Å². The normalized spacial score (nSPS) is 12.6. The van der Waals surface area contributed by atoms with Crippen LogP contribution in [0.1, 0.15) is 63.7 Å². The van der Waals surface area contributed by atoms with Crippen molar-refractivity contribution in [2.45, 2.75) is 0 Å². The van der Waals surface area contributed by atoms with E-state index in [0.29, 0.717) is 16.7 Å². The van der Waals surface area contributed by atoms with Gasteiger partial charge in [0.25, 0.3) is 0 Å². The first-order chi connectivity index (χ1) is 17.9. The van der Waals surface area contributed by atoms with E-state index < -0.39 is 5.82 Å². The second-order valence-electron chi connectivity index (χ2n) is 8.50. The molecule has 0 saturated heterocycles. The third-order valence-electron chi connectivity index (χ3n) is 6.14. The van der Waals surface area contributed by atoms with E-state index >= 15 is 0 Å². The van der Waals surface area contributed by atoms with Gasteiger partial charge in [-0.25, -0.2) is 4.39 Å².